The third-order valence-corrected chi connectivity index (χ3v) is 5.42. The number of ether oxygens (including phenoxy) is 2. The van der Waals surface area contributed by atoms with Crippen molar-refractivity contribution in [3.05, 3.63) is 58.7 Å². The van der Waals surface area contributed by atoms with E-state index in [1.54, 1.807) is 16.4 Å². The Morgan fingerprint density at radius 3 is 2.71 bits per heavy atom. The van der Waals surface area contributed by atoms with E-state index in [0.29, 0.717) is 0 Å². The normalized spacial score (nSPS) is 12.5. The highest BCUT2D eigenvalue weighted by Crippen LogP contribution is 2.38. The quantitative estimate of drug-likeness (QED) is 0.525. The fraction of sp³-hybridized carbons (Fsp3) is 0.118. The Hall–Kier alpha value is -2.12. The summed E-state index contributed by atoms with van der Waals surface area (Å²) in [5.41, 5.74) is 3.02. The number of imidazole rings is 1. The lowest BCUT2D eigenvalue weighted by Gasteiger charge is -2.06. The molecule has 1 aromatic heterocycles. The summed E-state index contributed by atoms with van der Waals surface area (Å²) in [6.45, 7) is 0.270. The van der Waals surface area contributed by atoms with Gasteiger partial charge in [-0.1, -0.05) is 58.0 Å². The predicted molar refractivity (Wildman–Crippen MR) is 97.6 cm³/mol. The summed E-state index contributed by atoms with van der Waals surface area (Å²) in [5.74, 6) is 8.31. The second-order valence-electron chi connectivity index (χ2n) is 5.27. The fourth-order valence-corrected chi connectivity index (χ4v) is 3.98. The number of hydrogen-bond acceptors (Lipinski definition) is 5. The van der Waals surface area contributed by atoms with Crippen LogP contribution in [0.25, 0.3) is 11.3 Å². The molecule has 0 spiro atoms. The molecule has 2 aromatic carbocycles. The molecule has 122 valence electrons. The summed E-state index contributed by atoms with van der Waals surface area (Å²) in [5, 5.41) is 0.762. The Kier molecular flexibility index (Phi) is 4.12. The molecule has 0 bridgehead atoms. The van der Waals surface area contributed by atoms with Gasteiger partial charge in [-0.2, -0.15) is 0 Å². The maximum absolute atomic E-state index is 6.05. The van der Waals surface area contributed by atoms with E-state index >= 15 is 0 Å². The Morgan fingerprint density at radius 1 is 1.17 bits per heavy atom. The molecule has 3 aromatic rings. The lowest BCUT2D eigenvalue weighted by molar-refractivity contribution is 0.174. The first-order valence-corrected chi connectivity index (χ1v) is 9.09. The average Bonchev–Trinajstić information content (AvgIpc) is 3.19. The molecule has 0 amide bonds. The number of nitrogens with zero attached hydrogens (tertiary/aromatic N) is 2. The van der Waals surface area contributed by atoms with Gasteiger partial charge >= 0.3 is 0 Å². The van der Waals surface area contributed by atoms with Crippen molar-refractivity contribution in [2.45, 2.75) is 10.9 Å². The minimum atomic E-state index is 0.270. The Bertz CT molecular complexity index is 883. The summed E-state index contributed by atoms with van der Waals surface area (Å²) < 4.78 is 13.4. The average molecular weight is 404 g/mol. The van der Waals surface area contributed by atoms with E-state index in [-0.39, 0.29) is 6.79 Å². The molecule has 0 atom stereocenters. The van der Waals surface area contributed by atoms with E-state index in [2.05, 4.69) is 20.9 Å². The number of rotatable bonds is 4. The summed E-state index contributed by atoms with van der Waals surface area (Å²) in [6, 6.07) is 13.9. The van der Waals surface area contributed by atoms with Crippen molar-refractivity contribution in [2.24, 2.45) is 0 Å². The molecule has 0 saturated carbocycles. The van der Waals surface area contributed by atoms with E-state index in [1.165, 1.54) is 0 Å². The maximum atomic E-state index is 6.05. The molecular weight excluding hydrogens is 390 g/mol. The summed E-state index contributed by atoms with van der Waals surface area (Å²) in [4.78, 5) is 4.63. The molecule has 0 fully saturated rings. The second kappa shape index (κ2) is 6.41. The van der Waals surface area contributed by atoms with Crippen LogP contribution < -0.4 is 15.3 Å². The number of aromatic nitrogens is 2. The van der Waals surface area contributed by atoms with E-state index in [1.807, 2.05) is 48.7 Å². The summed E-state index contributed by atoms with van der Waals surface area (Å²) >= 11 is 5.15. The first kappa shape index (κ1) is 15.4. The maximum Gasteiger partial charge on any atom is 0.231 e. The van der Waals surface area contributed by atoms with Gasteiger partial charge in [0.1, 0.15) is 0 Å². The van der Waals surface area contributed by atoms with Crippen molar-refractivity contribution in [3.8, 4) is 22.8 Å². The topological polar surface area (TPSA) is 62.3 Å². The molecule has 1 aliphatic heterocycles. The van der Waals surface area contributed by atoms with Gasteiger partial charge in [-0.3, -0.25) is 0 Å². The summed E-state index contributed by atoms with van der Waals surface area (Å²) in [7, 11) is 0. The van der Waals surface area contributed by atoms with Crippen molar-refractivity contribution in [1.82, 2.24) is 9.66 Å². The number of nitrogens with two attached hydrogens (primary N) is 1. The van der Waals surface area contributed by atoms with Crippen LogP contribution in [0.1, 0.15) is 5.56 Å². The van der Waals surface area contributed by atoms with Gasteiger partial charge in [-0.15, -0.1) is 0 Å². The SMILES string of the molecule is Nn1cc(-c2ccccc2)nc1SCc1cc2c(cc1Br)OCO2. The van der Waals surface area contributed by atoms with Crippen LogP contribution in [0.4, 0.5) is 0 Å². The minimum absolute atomic E-state index is 0.270. The molecule has 0 aliphatic carbocycles. The van der Waals surface area contributed by atoms with Gasteiger partial charge in [0.15, 0.2) is 16.7 Å². The molecule has 0 radical (unpaired) electrons. The van der Waals surface area contributed by atoms with Gasteiger partial charge in [0.2, 0.25) is 6.79 Å². The largest absolute Gasteiger partial charge is 0.454 e. The van der Waals surface area contributed by atoms with Gasteiger partial charge < -0.3 is 15.3 Å². The van der Waals surface area contributed by atoms with Crippen LogP contribution in [0.2, 0.25) is 0 Å². The zero-order chi connectivity index (χ0) is 16.5. The number of fused-ring (bicyclic) bond motifs is 1. The van der Waals surface area contributed by atoms with Crippen LogP contribution in [0, 0.1) is 0 Å². The van der Waals surface area contributed by atoms with E-state index in [9.17, 15) is 0 Å². The monoisotopic (exact) mass is 403 g/mol. The molecular formula is C17H14BrN3O2S. The van der Waals surface area contributed by atoms with Gasteiger partial charge in [-0.25, -0.2) is 9.66 Å². The predicted octanol–water partition coefficient (Wildman–Crippen LogP) is 4.05. The highest BCUT2D eigenvalue weighted by atomic mass is 79.9. The van der Waals surface area contributed by atoms with Crippen molar-refractivity contribution >= 4 is 27.7 Å². The number of thioether (sulfide) groups is 1. The highest BCUT2D eigenvalue weighted by molar-refractivity contribution is 9.10. The van der Waals surface area contributed by atoms with Crippen LogP contribution >= 0.6 is 27.7 Å². The third-order valence-electron chi connectivity index (χ3n) is 3.67. The molecule has 7 heteroatoms. The fourth-order valence-electron chi connectivity index (χ4n) is 2.44. The Labute approximate surface area is 151 Å². The summed E-state index contributed by atoms with van der Waals surface area (Å²) in [6.07, 6.45) is 1.84. The molecule has 2 N–H and O–H groups in total. The standard InChI is InChI=1S/C17H14BrN3O2S/c18-13-7-16-15(22-10-23-16)6-12(13)9-24-17-20-14(8-21(17)19)11-4-2-1-3-5-11/h1-8H,9-10,19H2. The van der Waals surface area contributed by atoms with Gasteiger partial charge in [0, 0.05) is 15.8 Å². The highest BCUT2D eigenvalue weighted by Gasteiger charge is 2.17. The Balaban J connectivity index is 1.54. The first-order chi connectivity index (χ1) is 11.7. The van der Waals surface area contributed by atoms with Crippen LogP contribution in [0.5, 0.6) is 11.5 Å². The zero-order valence-electron chi connectivity index (χ0n) is 12.6. The second-order valence-corrected chi connectivity index (χ2v) is 7.06. The van der Waals surface area contributed by atoms with Crippen molar-refractivity contribution in [2.75, 3.05) is 12.6 Å². The van der Waals surface area contributed by atoms with Crippen molar-refractivity contribution in [1.29, 1.82) is 0 Å². The smallest absolute Gasteiger partial charge is 0.231 e. The molecule has 2 heterocycles. The van der Waals surface area contributed by atoms with Crippen LogP contribution in [0.3, 0.4) is 0 Å². The van der Waals surface area contributed by atoms with E-state index in [0.717, 1.165) is 43.7 Å². The van der Waals surface area contributed by atoms with Crippen molar-refractivity contribution < 1.29 is 9.47 Å². The molecule has 1 aliphatic rings. The molecule has 0 saturated heterocycles. The lowest BCUT2D eigenvalue weighted by atomic mass is 10.2. The molecule has 24 heavy (non-hydrogen) atoms. The molecule has 0 unspecified atom stereocenters. The minimum Gasteiger partial charge on any atom is -0.454 e. The van der Waals surface area contributed by atoms with Crippen LogP contribution in [-0.2, 0) is 5.75 Å². The van der Waals surface area contributed by atoms with E-state index < -0.39 is 0 Å². The number of benzene rings is 2. The third kappa shape index (κ3) is 2.97. The van der Waals surface area contributed by atoms with Crippen molar-refractivity contribution in [3.63, 3.8) is 0 Å². The van der Waals surface area contributed by atoms with Gasteiger partial charge in [0.25, 0.3) is 0 Å². The lowest BCUT2D eigenvalue weighted by Crippen LogP contribution is -2.07. The Morgan fingerprint density at radius 2 is 1.92 bits per heavy atom. The van der Waals surface area contributed by atoms with E-state index in [4.69, 9.17) is 15.3 Å². The van der Waals surface area contributed by atoms with Gasteiger partial charge in [0.05, 0.1) is 11.9 Å². The number of halogens is 1. The molecule has 4 rings (SSSR count). The van der Waals surface area contributed by atoms with Crippen LogP contribution in [0.15, 0.2) is 58.3 Å². The molecule has 5 nitrogen and oxygen atoms in total. The number of nitrogen functional groups attached to an aromatic ring is 1. The number of hydrogen-bond donors (Lipinski definition) is 1. The van der Waals surface area contributed by atoms with Crippen LogP contribution in [-0.4, -0.2) is 16.5 Å². The zero-order valence-corrected chi connectivity index (χ0v) is 15.0. The van der Waals surface area contributed by atoms with Gasteiger partial charge in [-0.05, 0) is 17.7 Å². The first-order valence-electron chi connectivity index (χ1n) is 7.31.